The maximum atomic E-state index is 13.0. The lowest BCUT2D eigenvalue weighted by atomic mass is 10.0. The van der Waals surface area contributed by atoms with E-state index in [9.17, 15) is 18.0 Å². The minimum absolute atomic E-state index is 0.125. The standard InChI is InChI=1S/C23H30N4O5S/c1-2-3-14-26(17-22(28)25-30)33(31,32)27-15-13-21(16-27)24-23(29)20-11-9-19(10-12-20)18-7-5-4-6-8-18/h4-12,21,30H,2-3,13-17H2,1H3,(H,24,29)(H,25,28). The predicted molar refractivity (Wildman–Crippen MR) is 125 cm³/mol. The minimum atomic E-state index is -3.90. The number of benzene rings is 2. The number of amides is 2. The lowest BCUT2D eigenvalue weighted by molar-refractivity contribution is -0.129. The zero-order valence-corrected chi connectivity index (χ0v) is 19.4. The molecule has 10 heteroatoms. The van der Waals surface area contributed by atoms with Crippen LogP contribution in [0, 0.1) is 0 Å². The fourth-order valence-electron chi connectivity index (χ4n) is 3.74. The Balaban J connectivity index is 1.61. The fourth-order valence-corrected chi connectivity index (χ4v) is 5.41. The molecular formula is C23H30N4O5S. The molecule has 0 bridgehead atoms. The maximum Gasteiger partial charge on any atom is 0.282 e. The van der Waals surface area contributed by atoms with Crippen LogP contribution in [0.15, 0.2) is 54.6 Å². The van der Waals surface area contributed by atoms with Gasteiger partial charge in [0.2, 0.25) is 0 Å². The molecule has 33 heavy (non-hydrogen) atoms. The van der Waals surface area contributed by atoms with Gasteiger partial charge in [-0.05, 0) is 36.1 Å². The third-order valence-corrected chi connectivity index (χ3v) is 7.55. The third kappa shape index (κ3) is 6.38. The number of hydroxylamine groups is 1. The molecule has 2 amide bonds. The van der Waals surface area contributed by atoms with Crippen molar-refractivity contribution in [2.75, 3.05) is 26.2 Å². The molecule has 1 heterocycles. The number of carbonyl (C=O) groups is 2. The second kappa shape index (κ2) is 11.4. The van der Waals surface area contributed by atoms with Gasteiger partial charge in [0.15, 0.2) is 0 Å². The summed E-state index contributed by atoms with van der Waals surface area (Å²) in [6.07, 6.45) is 1.82. The summed E-state index contributed by atoms with van der Waals surface area (Å²) < 4.78 is 28.4. The topological polar surface area (TPSA) is 119 Å². The van der Waals surface area contributed by atoms with E-state index < -0.39 is 22.7 Å². The summed E-state index contributed by atoms with van der Waals surface area (Å²) in [4.78, 5) is 24.3. The molecule has 2 aromatic rings. The summed E-state index contributed by atoms with van der Waals surface area (Å²) >= 11 is 0. The molecule has 2 aromatic carbocycles. The van der Waals surface area contributed by atoms with Crippen molar-refractivity contribution in [3.8, 4) is 11.1 Å². The van der Waals surface area contributed by atoms with Crippen molar-refractivity contribution in [2.24, 2.45) is 0 Å². The molecule has 1 unspecified atom stereocenters. The third-order valence-electron chi connectivity index (χ3n) is 5.60. The van der Waals surface area contributed by atoms with E-state index in [0.29, 0.717) is 18.4 Å². The van der Waals surface area contributed by atoms with Crippen LogP contribution >= 0.6 is 0 Å². The first-order valence-corrected chi connectivity index (χ1v) is 12.4. The van der Waals surface area contributed by atoms with Gasteiger partial charge in [-0.1, -0.05) is 55.8 Å². The van der Waals surface area contributed by atoms with E-state index in [2.05, 4.69) is 5.32 Å². The second-order valence-corrected chi connectivity index (χ2v) is 9.92. The van der Waals surface area contributed by atoms with Crippen LogP contribution in [-0.4, -0.2) is 66.3 Å². The van der Waals surface area contributed by atoms with E-state index in [-0.39, 0.29) is 31.6 Å². The number of hydrogen-bond donors (Lipinski definition) is 3. The van der Waals surface area contributed by atoms with Gasteiger partial charge < -0.3 is 5.32 Å². The monoisotopic (exact) mass is 474 g/mol. The summed E-state index contributed by atoms with van der Waals surface area (Å²) in [6, 6.07) is 16.8. The van der Waals surface area contributed by atoms with Gasteiger partial charge in [-0.25, -0.2) is 5.48 Å². The first-order valence-electron chi connectivity index (χ1n) is 11.0. The zero-order chi connectivity index (χ0) is 23.8. The van der Waals surface area contributed by atoms with Crippen molar-refractivity contribution in [1.29, 1.82) is 0 Å². The van der Waals surface area contributed by atoms with Crippen LogP contribution in [0.25, 0.3) is 11.1 Å². The normalized spacial score (nSPS) is 16.6. The highest BCUT2D eigenvalue weighted by atomic mass is 32.2. The maximum absolute atomic E-state index is 13.0. The Morgan fingerprint density at radius 1 is 1.09 bits per heavy atom. The molecule has 0 aliphatic carbocycles. The molecule has 0 aromatic heterocycles. The minimum Gasteiger partial charge on any atom is -0.348 e. The average Bonchev–Trinajstić information content (AvgIpc) is 3.31. The van der Waals surface area contributed by atoms with Gasteiger partial charge in [0.05, 0.1) is 6.54 Å². The summed E-state index contributed by atoms with van der Waals surface area (Å²) in [5, 5.41) is 11.7. The molecule has 1 atom stereocenters. The van der Waals surface area contributed by atoms with Crippen LogP contribution in [0.4, 0.5) is 0 Å². The van der Waals surface area contributed by atoms with Gasteiger partial charge in [0.25, 0.3) is 22.0 Å². The summed E-state index contributed by atoms with van der Waals surface area (Å²) in [5.41, 5.74) is 4.04. The first kappa shape index (κ1) is 24.8. The SMILES string of the molecule is CCCCN(CC(=O)NO)S(=O)(=O)N1CCC(NC(=O)c2ccc(-c3ccccc3)cc2)C1. The number of rotatable bonds is 10. The molecule has 9 nitrogen and oxygen atoms in total. The zero-order valence-electron chi connectivity index (χ0n) is 18.6. The lowest BCUT2D eigenvalue weighted by Crippen LogP contribution is -2.48. The van der Waals surface area contributed by atoms with Gasteiger partial charge >= 0.3 is 0 Å². The van der Waals surface area contributed by atoms with Gasteiger partial charge in [-0.3, -0.25) is 14.8 Å². The van der Waals surface area contributed by atoms with Crippen molar-refractivity contribution in [2.45, 2.75) is 32.2 Å². The van der Waals surface area contributed by atoms with Crippen LogP contribution in [0.1, 0.15) is 36.5 Å². The Morgan fingerprint density at radius 3 is 2.39 bits per heavy atom. The predicted octanol–water partition coefficient (Wildman–Crippen LogP) is 2.01. The largest absolute Gasteiger partial charge is 0.348 e. The van der Waals surface area contributed by atoms with Crippen molar-refractivity contribution in [3.63, 3.8) is 0 Å². The van der Waals surface area contributed by atoms with Crippen LogP contribution < -0.4 is 10.8 Å². The van der Waals surface area contributed by atoms with Gasteiger partial charge in [0, 0.05) is 31.2 Å². The molecule has 3 N–H and O–H groups in total. The van der Waals surface area contributed by atoms with E-state index in [1.54, 1.807) is 12.1 Å². The highest BCUT2D eigenvalue weighted by molar-refractivity contribution is 7.86. The summed E-state index contributed by atoms with van der Waals surface area (Å²) in [7, 11) is -3.90. The molecular weight excluding hydrogens is 444 g/mol. The average molecular weight is 475 g/mol. The molecule has 1 fully saturated rings. The van der Waals surface area contributed by atoms with Gasteiger partial charge in [0.1, 0.15) is 0 Å². The van der Waals surface area contributed by atoms with E-state index in [1.165, 1.54) is 9.79 Å². The molecule has 1 aliphatic heterocycles. The number of nitrogens with zero attached hydrogens (tertiary/aromatic N) is 2. The van der Waals surface area contributed by atoms with E-state index in [1.807, 2.05) is 49.4 Å². The van der Waals surface area contributed by atoms with Crippen LogP contribution in [0.5, 0.6) is 0 Å². The molecule has 0 radical (unpaired) electrons. The molecule has 0 spiro atoms. The lowest BCUT2D eigenvalue weighted by Gasteiger charge is -2.26. The Hall–Kier alpha value is -2.79. The van der Waals surface area contributed by atoms with Crippen LogP contribution in [0.2, 0.25) is 0 Å². The quantitative estimate of drug-likeness (QED) is 0.360. The van der Waals surface area contributed by atoms with E-state index in [4.69, 9.17) is 5.21 Å². The Kier molecular flexibility index (Phi) is 8.56. The highest BCUT2D eigenvalue weighted by Gasteiger charge is 2.36. The number of hydrogen-bond acceptors (Lipinski definition) is 5. The van der Waals surface area contributed by atoms with Crippen LogP contribution in [0.3, 0.4) is 0 Å². The Labute approximate surface area is 194 Å². The second-order valence-electron chi connectivity index (χ2n) is 7.99. The Morgan fingerprint density at radius 2 is 1.76 bits per heavy atom. The summed E-state index contributed by atoms with van der Waals surface area (Å²) in [6.45, 7) is 2.00. The number of nitrogens with one attached hydrogen (secondary N) is 2. The summed E-state index contributed by atoms with van der Waals surface area (Å²) in [5.74, 6) is -1.06. The van der Waals surface area contributed by atoms with Crippen molar-refractivity contribution in [1.82, 2.24) is 19.4 Å². The van der Waals surface area contributed by atoms with Gasteiger partial charge in [-0.15, -0.1) is 0 Å². The molecule has 1 saturated heterocycles. The number of carbonyl (C=O) groups excluding carboxylic acids is 2. The van der Waals surface area contributed by atoms with Crippen molar-refractivity contribution in [3.05, 3.63) is 60.2 Å². The molecule has 178 valence electrons. The molecule has 3 rings (SSSR count). The number of unbranched alkanes of at least 4 members (excludes halogenated alkanes) is 1. The fraction of sp³-hybridized carbons (Fsp3) is 0.391. The molecule has 1 aliphatic rings. The Bertz CT molecular complexity index is 1040. The highest BCUT2D eigenvalue weighted by Crippen LogP contribution is 2.21. The van der Waals surface area contributed by atoms with E-state index >= 15 is 0 Å². The van der Waals surface area contributed by atoms with E-state index in [0.717, 1.165) is 21.9 Å². The van der Waals surface area contributed by atoms with Crippen molar-refractivity contribution >= 4 is 22.0 Å². The van der Waals surface area contributed by atoms with Crippen molar-refractivity contribution < 1.29 is 23.2 Å². The first-order chi connectivity index (χ1) is 15.8. The van der Waals surface area contributed by atoms with Crippen LogP contribution in [-0.2, 0) is 15.0 Å². The van der Waals surface area contributed by atoms with Gasteiger partial charge in [-0.2, -0.15) is 17.0 Å². The smallest absolute Gasteiger partial charge is 0.282 e. The molecule has 0 saturated carbocycles.